The molecule has 9 heteroatoms. The van der Waals surface area contributed by atoms with Crippen molar-refractivity contribution in [1.29, 1.82) is 0 Å². The molecule has 1 heterocycles. The first kappa shape index (κ1) is 25.1. The Balaban J connectivity index is 2.23. The molecule has 1 aliphatic rings. The van der Waals surface area contributed by atoms with E-state index in [2.05, 4.69) is 0 Å². The second-order valence-electron chi connectivity index (χ2n) is 10.2. The summed E-state index contributed by atoms with van der Waals surface area (Å²) < 4.78 is 50.4. The normalized spacial score (nSPS) is 20.4. The van der Waals surface area contributed by atoms with Crippen LogP contribution in [0.3, 0.4) is 0 Å². The third-order valence-corrected chi connectivity index (χ3v) is 4.95. The highest BCUT2D eigenvalue weighted by Crippen LogP contribution is 2.39. The number of halogens is 3. The molecule has 1 fully saturated rings. The third-order valence-electron chi connectivity index (χ3n) is 4.95. The lowest BCUT2D eigenvalue weighted by Crippen LogP contribution is -2.46. The fourth-order valence-electron chi connectivity index (χ4n) is 3.70. The Kier molecular flexibility index (Phi) is 7.38. The zero-order chi connectivity index (χ0) is 23.6. The number of amides is 1. The van der Waals surface area contributed by atoms with Crippen molar-refractivity contribution in [3.05, 3.63) is 35.4 Å². The van der Waals surface area contributed by atoms with Gasteiger partial charge in [-0.15, -0.1) is 0 Å². The fraction of sp³-hybridized carbons (Fsp3) is 0.636. The first-order chi connectivity index (χ1) is 14.0. The lowest BCUT2D eigenvalue weighted by Gasteiger charge is -2.41. The Morgan fingerprint density at radius 2 is 1.55 bits per heavy atom. The molecule has 1 amide bonds. The number of likely N-dealkylation sites (tertiary alicyclic amines) is 1. The summed E-state index contributed by atoms with van der Waals surface area (Å²) in [7, 11) is 0. The maximum Gasteiger partial charge on any atom is 0.478 e. The Morgan fingerprint density at radius 1 is 1.00 bits per heavy atom. The quantitative estimate of drug-likeness (QED) is 0.435. The predicted octanol–water partition coefficient (Wildman–Crippen LogP) is 5.83. The van der Waals surface area contributed by atoms with Crippen molar-refractivity contribution < 1.29 is 32.0 Å². The molecule has 1 aromatic carbocycles. The Bertz CT molecular complexity index is 782. The number of benzene rings is 1. The minimum absolute atomic E-state index is 0.136. The van der Waals surface area contributed by atoms with E-state index in [-0.39, 0.29) is 19.5 Å². The summed E-state index contributed by atoms with van der Waals surface area (Å²) in [6.45, 7) is 5.92. The average Bonchev–Trinajstić information content (AvgIpc) is 2.58. The van der Waals surface area contributed by atoms with Gasteiger partial charge in [-0.2, -0.15) is 0 Å². The van der Waals surface area contributed by atoms with Gasteiger partial charge in [-0.25, -0.2) is 9.59 Å². The SMILES string of the molecule is CC(C)(C)OC(=O)c1ccc([C@@H]2CN(C(=O)OC(C)(C)C)CC[C@H]2C[B-](F)(F)F)cc1. The number of carbonyl (C=O) groups is 2. The number of ether oxygens (including phenoxy) is 2. The van der Waals surface area contributed by atoms with E-state index in [4.69, 9.17) is 9.47 Å². The second-order valence-corrected chi connectivity index (χ2v) is 10.2. The van der Waals surface area contributed by atoms with Crippen LogP contribution in [0.2, 0.25) is 6.32 Å². The molecule has 0 spiro atoms. The summed E-state index contributed by atoms with van der Waals surface area (Å²) >= 11 is 0. The third kappa shape index (κ3) is 8.11. The van der Waals surface area contributed by atoms with Gasteiger partial charge >= 0.3 is 19.0 Å². The lowest BCUT2D eigenvalue weighted by molar-refractivity contribution is 0.00686. The van der Waals surface area contributed by atoms with Crippen molar-refractivity contribution in [2.24, 2.45) is 5.92 Å². The molecule has 0 aromatic heterocycles. The lowest BCUT2D eigenvalue weighted by atomic mass is 9.68. The van der Waals surface area contributed by atoms with Crippen LogP contribution < -0.4 is 0 Å². The van der Waals surface area contributed by atoms with Gasteiger partial charge < -0.3 is 27.3 Å². The van der Waals surface area contributed by atoms with E-state index < -0.39 is 48.4 Å². The number of nitrogens with zero attached hydrogens (tertiary/aromatic N) is 1. The summed E-state index contributed by atoms with van der Waals surface area (Å²) in [6.07, 6.45) is -1.15. The van der Waals surface area contributed by atoms with Crippen molar-refractivity contribution >= 4 is 19.0 Å². The largest absolute Gasteiger partial charge is 0.478 e. The molecule has 0 radical (unpaired) electrons. The Hall–Kier alpha value is -2.19. The molecule has 2 rings (SSSR count). The van der Waals surface area contributed by atoms with E-state index in [0.717, 1.165) is 0 Å². The molecule has 2 atom stereocenters. The molecule has 1 aromatic rings. The molecular weight excluding hydrogens is 410 g/mol. The number of hydrogen-bond donors (Lipinski definition) is 0. The molecule has 0 bridgehead atoms. The molecule has 0 unspecified atom stereocenters. The smallest absolute Gasteiger partial charge is 0.456 e. The molecule has 1 saturated heterocycles. The van der Waals surface area contributed by atoms with Crippen LogP contribution in [-0.2, 0) is 9.47 Å². The number of hydrogen-bond acceptors (Lipinski definition) is 4. The first-order valence-corrected chi connectivity index (χ1v) is 10.6. The van der Waals surface area contributed by atoms with Crippen molar-refractivity contribution in [2.45, 2.75) is 71.4 Å². The Morgan fingerprint density at radius 3 is 2.03 bits per heavy atom. The van der Waals surface area contributed by atoms with Crippen LogP contribution >= 0.6 is 0 Å². The van der Waals surface area contributed by atoms with Crippen LogP contribution in [0, 0.1) is 5.92 Å². The second kappa shape index (κ2) is 9.13. The standard InChI is InChI=1S/C22H32BF3NO4/c1-21(2,3)30-19(28)16-9-7-15(8-10-16)18-14-27(20(29)31-22(4,5)6)12-11-17(18)13-23(24,25)26/h7-10,17-18H,11-14H2,1-6H3/q-1/t17-,18-/m0/s1. The zero-order valence-electron chi connectivity index (χ0n) is 19.1. The number of rotatable bonds is 4. The molecule has 0 N–H and O–H groups in total. The van der Waals surface area contributed by atoms with Crippen molar-refractivity contribution in [3.8, 4) is 0 Å². The van der Waals surface area contributed by atoms with Crippen molar-refractivity contribution in [1.82, 2.24) is 4.90 Å². The highest BCUT2D eigenvalue weighted by atomic mass is 19.4. The monoisotopic (exact) mass is 442 g/mol. The van der Waals surface area contributed by atoms with Crippen LogP contribution in [0.25, 0.3) is 0 Å². The summed E-state index contributed by atoms with van der Waals surface area (Å²) in [5.41, 5.74) is -0.346. The average molecular weight is 442 g/mol. The molecule has 0 saturated carbocycles. The van der Waals surface area contributed by atoms with Crippen molar-refractivity contribution in [3.63, 3.8) is 0 Å². The van der Waals surface area contributed by atoms with Gasteiger partial charge in [0, 0.05) is 19.0 Å². The molecule has 174 valence electrons. The molecule has 1 aliphatic heterocycles. The highest BCUT2D eigenvalue weighted by Gasteiger charge is 2.38. The molecule has 31 heavy (non-hydrogen) atoms. The number of carbonyl (C=O) groups excluding carboxylic acids is 2. The molecule has 0 aliphatic carbocycles. The van der Waals surface area contributed by atoms with E-state index in [1.165, 1.54) is 4.90 Å². The van der Waals surface area contributed by atoms with Gasteiger partial charge in [-0.1, -0.05) is 24.4 Å². The van der Waals surface area contributed by atoms with Crippen LogP contribution in [0.15, 0.2) is 24.3 Å². The van der Waals surface area contributed by atoms with Crippen LogP contribution in [0.5, 0.6) is 0 Å². The van der Waals surface area contributed by atoms with Gasteiger partial charge in [0.1, 0.15) is 11.2 Å². The van der Waals surface area contributed by atoms with E-state index >= 15 is 0 Å². The minimum atomic E-state index is -4.96. The van der Waals surface area contributed by atoms with Gasteiger partial charge in [0.2, 0.25) is 0 Å². The Labute approximate surface area is 182 Å². The molecular formula is C22H32BF3NO4-. The first-order valence-electron chi connectivity index (χ1n) is 10.6. The fourth-order valence-corrected chi connectivity index (χ4v) is 3.70. The number of piperidine rings is 1. The van der Waals surface area contributed by atoms with Gasteiger partial charge in [0.05, 0.1) is 5.56 Å². The summed E-state index contributed by atoms with van der Waals surface area (Å²) in [5, 5.41) is 0. The van der Waals surface area contributed by atoms with E-state index in [0.29, 0.717) is 11.1 Å². The number of esters is 1. The van der Waals surface area contributed by atoms with Gasteiger partial charge in [-0.3, -0.25) is 0 Å². The summed E-state index contributed by atoms with van der Waals surface area (Å²) in [5.74, 6) is -1.63. The van der Waals surface area contributed by atoms with E-state index in [1.807, 2.05) is 0 Å². The van der Waals surface area contributed by atoms with Gasteiger partial charge in [0.15, 0.2) is 0 Å². The molecule has 5 nitrogen and oxygen atoms in total. The zero-order valence-corrected chi connectivity index (χ0v) is 19.1. The maximum atomic E-state index is 13.2. The minimum Gasteiger partial charge on any atom is -0.456 e. The summed E-state index contributed by atoms with van der Waals surface area (Å²) in [4.78, 5) is 26.2. The van der Waals surface area contributed by atoms with Crippen molar-refractivity contribution in [2.75, 3.05) is 13.1 Å². The topological polar surface area (TPSA) is 55.8 Å². The maximum absolute atomic E-state index is 13.2. The summed E-state index contributed by atoms with van der Waals surface area (Å²) in [6, 6.07) is 6.43. The van der Waals surface area contributed by atoms with Gasteiger partial charge in [-0.05, 0) is 65.7 Å². The predicted molar refractivity (Wildman–Crippen MR) is 114 cm³/mol. The van der Waals surface area contributed by atoms with E-state index in [9.17, 15) is 22.5 Å². The van der Waals surface area contributed by atoms with Crippen LogP contribution in [-0.4, -0.2) is 48.2 Å². The van der Waals surface area contributed by atoms with E-state index in [1.54, 1.807) is 65.8 Å². The van der Waals surface area contributed by atoms with Gasteiger partial charge in [0.25, 0.3) is 0 Å². The highest BCUT2D eigenvalue weighted by molar-refractivity contribution is 6.58. The van der Waals surface area contributed by atoms with Crippen LogP contribution in [0.1, 0.15) is 69.8 Å². The van der Waals surface area contributed by atoms with Crippen LogP contribution in [0.4, 0.5) is 17.7 Å².